The zero-order valence-corrected chi connectivity index (χ0v) is 8.80. The molecule has 0 saturated carbocycles. The minimum absolute atomic E-state index is 0.00134. The number of nitrogens with one attached hydrogen (secondary N) is 1. The molecule has 0 aliphatic heterocycles. The first-order valence-corrected chi connectivity index (χ1v) is 4.65. The number of hydrogen-bond donors (Lipinski definition) is 1. The van der Waals surface area contributed by atoms with Gasteiger partial charge in [-0.15, -0.1) is 0 Å². The number of rotatable bonds is 3. The molecular weight excluding hydrogens is 196 g/mol. The minimum Gasteiger partial charge on any atom is -0.345 e. The first kappa shape index (κ1) is 11.2. The maximum atomic E-state index is 11.4. The molecule has 0 aliphatic rings. The molecule has 1 N–H and O–H groups in total. The van der Waals surface area contributed by atoms with Gasteiger partial charge in [0.1, 0.15) is 6.33 Å². The van der Waals surface area contributed by atoms with Crippen molar-refractivity contribution in [3.8, 4) is 0 Å². The molecule has 0 bridgehead atoms. The predicted octanol–water partition coefficient (Wildman–Crippen LogP) is -0.0809. The monoisotopic (exact) mass is 210 g/mol. The molecule has 2 amide bonds. The van der Waals surface area contributed by atoms with Gasteiger partial charge < -0.3 is 10.2 Å². The highest BCUT2D eigenvalue weighted by atomic mass is 16.2. The van der Waals surface area contributed by atoms with E-state index in [9.17, 15) is 9.59 Å². The fourth-order valence-electron chi connectivity index (χ4n) is 0.933. The van der Waals surface area contributed by atoms with Crippen molar-refractivity contribution in [2.45, 2.75) is 6.92 Å². The van der Waals surface area contributed by atoms with E-state index in [0.29, 0.717) is 6.54 Å². The molecule has 82 valence electrons. The molecule has 0 atom stereocenters. The van der Waals surface area contributed by atoms with E-state index in [1.165, 1.54) is 28.2 Å². The van der Waals surface area contributed by atoms with Crippen LogP contribution < -0.4 is 5.32 Å². The summed E-state index contributed by atoms with van der Waals surface area (Å²) in [6, 6.07) is -0.356. The van der Waals surface area contributed by atoms with Crippen molar-refractivity contribution in [1.82, 2.24) is 19.8 Å². The second-order valence-electron chi connectivity index (χ2n) is 3.04. The van der Waals surface area contributed by atoms with Crippen LogP contribution in [-0.4, -0.2) is 46.5 Å². The first-order valence-electron chi connectivity index (χ1n) is 4.65. The van der Waals surface area contributed by atoms with E-state index in [1.807, 2.05) is 6.92 Å². The molecule has 0 saturated heterocycles. The summed E-state index contributed by atoms with van der Waals surface area (Å²) >= 11 is 0. The molecule has 1 heterocycles. The van der Waals surface area contributed by atoms with Crippen LogP contribution in [0.1, 0.15) is 6.92 Å². The van der Waals surface area contributed by atoms with Crippen molar-refractivity contribution in [3.63, 3.8) is 0 Å². The van der Waals surface area contributed by atoms with Crippen LogP contribution >= 0.6 is 0 Å². The Bertz CT molecular complexity index is 334. The first-order chi connectivity index (χ1) is 7.15. The molecule has 1 rings (SSSR count). The fourth-order valence-corrected chi connectivity index (χ4v) is 0.933. The maximum absolute atomic E-state index is 11.4. The molecule has 6 heteroatoms. The van der Waals surface area contributed by atoms with Crippen molar-refractivity contribution in [1.29, 1.82) is 0 Å². The summed E-state index contributed by atoms with van der Waals surface area (Å²) in [4.78, 5) is 28.0. The van der Waals surface area contributed by atoms with Gasteiger partial charge >= 0.3 is 6.03 Å². The highest BCUT2D eigenvalue weighted by Gasteiger charge is 2.09. The van der Waals surface area contributed by atoms with Gasteiger partial charge in [-0.2, -0.15) is 0 Å². The third-order valence-electron chi connectivity index (χ3n) is 2.03. The summed E-state index contributed by atoms with van der Waals surface area (Å²) in [6.07, 6.45) is 4.40. The number of nitrogens with zero attached hydrogens (tertiary/aromatic N) is 3. The van der Waals surface area contributed by atoms with E-state index in [2.05, 4.69) is 10.3 Å². The van der Waals surface area contributed by atoms with Gasteiger partial charge in [-0.1, -0.05) is 0 Å². The van der Waals surface area contributed by atoms with Gasteiger partial charge in [-0.25, -0.2) is 9.78 Å². The molecule has 0 spiro atoms. The summed E-state index contributed by atoms with van der Waals surface area (Å²) in [5.74, 6) is -0.119. The SMILES string of the molecule is CCN(C)C(=O)CNC(=O)n1ccnc1. The molecule has 0 radical (unpaired) electrons. The van der Waals surface area contributed by atoms with E-state index < -0.39 is 0 Å². The molecule has 0 aromatic carbocycles. The van der Waals surface area contributed by atoms with Crippen LogP contribution in [0.5, 0.6) is 0 Å². The lowest BCUT2D eigenvalue weighted by Crippen LogP contribution is -2.39. The number of amides is 2. The van der Waals surface area contributed by atoms with E-state index in [4.69, 9.17) is 0 Å². The fraction of sp³-hybridized carbons (Fsp3) is 0.444. The van der Waals surface area contributed by atoms with Gasteiger partial charge in [-0.05, 0) is 6.92 Å². The molecular formula is C9H14N4O2. The lowest BCUT2D eigenvalue weighted by molar-refractivity contribution is -0.128. The zero-order valence-electron chi connectivity index (χ0n) is 8.80. The Morgan fingerprint density at radius 3 is 2.80 bits per heavy atom. The van der Waals surface area contributed by atoms with Crippen LogP contribution in [0, 0.1) is 0 Å². The topological polar surface area (TPSA) is 67.2 Å². The number of aromatic nitrogens is 2. The number of carbonyl (C=O) groups excluding carboxylic acids is 2. The van der Waals surface area contributed by atoms with Gasteiger partial charge in [-0.3, -0.25) is 9.36 Å². The molecule has 1 aromatic rings. The van der Waals surface area contributed by atoms with Crippen molar-refractivity contribution < 1.29 is 9.59 Å². The molecule has 0 fully saturated rings. The third kappa shape index (κ3) is 3.08. The van der Waals surface area contributed by atoms with Crippen LogP contribution in [0.25, 0.3) is 0 Å². The Labute approximate surface area is 87.9 Å². The van der Waals surface area contributed by atoms with Crippen molar-refractivity contribution in [3.05, 3.63) is 18.7 Å². The summed E-state index contributed by atoms with van der Waals surface area (Å²) in [6.45, 7) is 2.50. The number of hydrogen-bond acceptors (Lipinski definition) is 3. The summed E-state index contributed by atoms with van der Waals surface area (Å²) in [7, 11) is 1.69. The van der Waals surface area contributed by atoms with Crippen molar-refractivity contribution in [2.75, 3.05) is 20.1 Å². The lowest BCUT2D eigenvalue weighted by atomic mass is 10.5. The maximum Gasteiger partial charge on any atom is 0.327 e. The Kier molecular flexibility index (Phi) is 3.84. The Morgan fingerprint density at radius 2 is 2.27 bits per heavy atom. The summed E-state index contributed by atoms with van der Waals surface area (Å²) in [5, 5.41) is 2.49. The number of carbonyl (C=O) groups is 2. The average molecular weight is 210 g/mol. The highest BCUT2D eigenvalue weighted by molar-refractivity contribution is 5.84. The zero-order chi connectivity index (χ0) is 11.3. The standard InChI is InChI=1S/C9H14N4O2/c1-3-12(2)8(14)6-11-9(15)13-5-4-10-7-13/h4-5,7H,3,6H2,1-2H3,(H,11,15). The second kappa shape index (κ2) is 5.14. The van der Waals surface area contributed by atoms with E-state index >= 15 is 0 Å². The van der Waals surface area contributed by atoms with Crippen LogP contribution in [-0.2, 0) is 4.79 Å². The Hall–Kier alpha value is -1.85. The smallest absolute Gasteiger partial charge is 0.327 e. The Morgan fingerprint density at radius 1 is 1.53 bits per heavy atom. The summed E-state index contributed by atoms with van der Waals surface area (Å²) < 4.78 is 1.28. The van der Waals surface area contributed by atoms with Gasteiger partial charge in [0.05, 0.1) is 6.54 Å². The number of likely N-dealkylation sites (N-methyl/N-ethyl adjacent to an activating group) is 1. The lowest BCUT2D eigenvalue weighted by Gasteiger charge is -2.14. The van der Waals surface area contributed by atoms with Crippen LogP contribution in [0.15, 0.2) is 18.7 Å². The highest BCUT2D eigenvalue weighted by Crippen LogP contribution is 1.86. The largest absolute Gasteiger partial charge is 0.345 e. The van der Waals surface area contributed by atoms with Crippen LogP contribution in [0.2, 0.25) is 0 Å². The molecule has 6 nitrogen and oxygen atoms in total. The predicted molar refractivity (Wildman–Crippen MR) is 54.3 cm³/mol. The van der Waals surface area contributed by atoms with E-state index in [1.54, 1.807) is 7.05 Å². The van der Waals surface area contributed by atoms with Crippen molar-refractivity contribution in [2.24, 2.45) is 0 Å². The average Bonchev–Trinajstić information content (AvgIpc) is 2.77. The Balaban J connectivity index is 2.38. The van der Waals surface area contributed by atoms with Gasteiger partial charge in [0.25, 0.3) is 0 Å². The molecule has 0 unspecified atom stereocenters. The van der Waals surface area contributed by atoms with Gasteiger partial charge in [0.15, 0.2) is 0 Å². The normalized spacial score (nSPS) is 9.73. The molecule has 0 aliphatic carbocycles. The summed E-state index contributed by atoms with van der Waals surface area (Å²) in [5.41, 5.74) is 0. The molecule has 1 aromatic heterocycles. The van der Waals surface area contributed by atoms with Crippen molar-refractivity contribution >= 4 is 11.9 Å². The van der Waals surface area contributed by atoms with Crippen LogP contribution in [0.4, 0.5) is 4.79 Å². The van der Waals surface area contributed by atoms with Gasteiger partial charge in [0.2, 0.25) is 5.91 Å². The quantitative estimate of drug-likeness (QED) is 0.758. The number of imidazole rings is 1. The third-order valence-corrected chi connectivity index (χ3v) is 2.03. The second-order valence-corrected chi connectivity index (χ2v) is 3.04. The van der Waals surface area contributed by atoms with E-state index in [0.717, 1.165) is 0 Å². The molecule has 15 heavy (non-hydrogen) atoms. The van der Waals surface area contributed by atoms with Crippen LogP contribution in [0.3, 0.4) is 0 Å². The van der Waals surface area contributed by atoms with E-state index in [-0.39, 0.29) is 18.5 Å². The van der Waals surface area contributed by atoms with Gasteiger partial charge in [0, 0.05) is 26.0 Å². The minimum atomic E-state index is -0.356.